The molecule has 2 unspecified atom stereocenters. The number of methoxy groups -OCH3 is 2. The minimum atomic E-state index is -0.526. The predicted octanol–water partition coefficient (Wildman–Crippen LogP) is 15.1. The van der Waals surface area contributed by atoms with Crippen LogP contribution in [0.4, 0.5) is 68.2 Å². The van der Waals surface area contributed by atoms with E-state index in [0.717, 1.165) is 326 Å². The Bertz CT molecular complexity index is 7080. The number of carbonyl (C=O) groups excluding carboxylic acids is 6. The molecule has 7 saturated heterocycles. The first kappa shape index (κ1) is 106. The van der Waals surface area contributed by atoms with Crippen LogP contribution in [0.5, 0.6) is 0 Å². The highest BCUT2D eigenvalue weighted by Gasteiger charge is 2.41. The Morgan fingerprint density at radius 1 is 0.385 bits per heavy atom. The van der Waals surface area contributed by atoms with Gasteiger partial charge in [0, 0.05) is 247 Å². The fourth-order valence-corrected chi connectivity index (χ4v) is 24.2. The highest BCUT2D eigenvalue weighted by molar-refractivity contribution is 9.11. The van der Waals surface area contributed by atoms with Gasteiger partial charge in [-0.25, -0.2) is 34.9 Å². The molecule has 21 heterocycles. The second kappa shape index (κ2) is 48.7. The predicted molar refractivity (Wildman–Crippen MR) is 602 cm³/mol. The third-order valence-electron chi connectivity index (χ3n) is 28.3. The van der Waals surface area contributed by atoms with Crippen LogP contribution in [-0.4, -0.2) is 258 Å². The minimum absolute atomic E-state index is 0.0119. The number of H-pyrrole nitrogens is 6. The summed E-state index contributed by atoms with van der Waals surface area (Å²) in [5, 5.41) is 26.9. The van der Waals surface area contributed by atoms with Crippen molar-refractivity contribution in [3.05, 3.63) is 156 Å². The highest BCUT2D eigenvalue weighted by atomic mass is 79.9. The molecule has 0 radical (unpaired) electrons. The molecule has 0 aromatic carbocycles. The van der Waals surface area contributed by atoms with E-state index < -0.39 is 6.10 Å². The number of pyridine rings is 7. The third-order valence-corrected chi connectivity index (χ3v) is 31.8. The van der Waals surface area contributed by atoms with Crippen molar-refractivity contribution in [1.29, 1.82) is 0 Å². The molecule has 148 heavy (non-hydrogen) atoms. The van der Waals surface area contributed by atoms with E-state index in [-0.39, 0.29) is 89.8 Å². The van der Waals surface area contributed by atoms with E-state index in [1.54, 1.807) is 74.8 Å². The van der Waals surface area contributed by atoms with Crippen LogP contribution in [0, 0.1) is 17.8 Å². The normalized spacial score (nSPS) is 20.1. The Hall–Kier alpha value is -11.5. The third kappa shape index (κ3) is 24.6. The SMILES string of the molecule is COCC(=O)Nc1c[nH]c2ncc(Br)c(N3CCC[C@@H](N)C3)c12.CO[C@@H](C)C(=O)Nc1c[nH]c2ncc(Br)c(N3CCC[C@@H](N)C3)c12.N[C@@H]1CCCN(c2c(Br)cnc3[nH]cc(NC(=O)C4CC4)c23)C1.N[C@@H]1CCCN(c2c(Br)cnc3[nH]cc(NC(=O)C4CCCC4)c23)C1.N[C@@H]1CCCN(c2c(Br)cnc3[nH]cc(NC(=O)c4cnccn4)c23)C1.O=C(Nc1c[nH]c2ncc(Br)c(N3CCC4CNCC43)c12)c1cccnc1. The fourth-order valence-electron chi connectivity index (χ4n) is 20.9. The number of aromatic amines is 6. The van der Waals surface area contributed by atoms with Gasteiger partial charge < -0.3 is 135 Å². The smallest absolute Gasteiger partial charge is 0.275 e. The molecule has 47 heteroatoms. The van der Waals surface area contributed by atoms with E-state index in [9.17, 15) is 28.8 Å². The van der Waals surface area contributed by atoms with E-state index in [1.807, 2.05) is 31.0 Å². The van der Waals surface area contributed by atoms with Crippen LogP contribution in [0.3, 0.4) is 0 Å². The highest BCUT2D eigenvalue weighted by Crippen LogP contribution is 2.48. The van der Waals surface area contributed by atoms with Gasteiger partial charge in [0.15, 0.2) is 0 Å². The molecule has 0 bridgehead atoms. The van der Waals surface area contributed by atoms with Crippen LogP contribution >= 0.6 is 95.6 Å². The Kier molecular flexibility index (Phi) is 35.0. The Balaban J connectivity index is 0.000000116. The van der Waals surface area contributed by atoms with Crippen LogP contribution < -0.4 is 95.3 Å². The molecular weight excluding hydrogens is 2280 g/mol. The van der Waals surface area contributed by atoms with Crippen molar-refractivity contribution in [2.45, 2.75) is 158 Å². The number of rotatable bonds is 20. The molecule has 14 aromatic rings. The summed E-state index contributed by atoms with van der Waals surface area (Å²) >= 11 is 21.8. The van der Waals surface area contributed by atoms with Crippen LogP contribution in [0.2, 0.25) is 0 Å². The summed E-state index contributed by atoms with van der Waals surface area (Å²) in [4.78, 5) is 145. The summed E-state index contributed by atoms with van der Waals surface area (Å²) < 4.78 is 15.4. The number of anilines is 12. The van der Waals surface area contributed by atoms with Crippen molar-refractivity contribution in [3.63, 3.8) is 0 Å². The van der Waals surface area contributed by atoms with E-state index in [2.05, 4.69) is 237 Å². The van der Waals surface area contributed by atoms with Crippen molar-refractivity contribution >= 4 is 265 Å². The molecule has 23 rings (SSSR count). The van der Waals surface area contributed by atoms with Gasteiger partial charge in [-0.05, 0) is 217 Å². The summed E-state index contributed by atoms with van der Waals surface area (Å²) in [5.74, 6) is 0.314. The van der Waals surface area contributed by atoms with Gasteiger partial charge in [0.2, 0.25) is 17.7 Å². The lowest BCUT2D eigenvalue weighted by Gasteiger charge is -2.33. The molecular formula is C101H123Br6N33O8. The minimum Gasteiger partial charge on any atom is -0.375 e. The summed E-state index contributed by atoms with van der Waals surface area (Å²) in [6, 6.07) is 4.79. The molecule has 7 aliphatic heterocycles. The number of piperidine rings is 5. The molecule has 41 nitrogen and oxygen atoms in total. The van der Waals surface area contributed by atoms with Crippen molar-refractivity contribution < 1.29 is 38.2 Å². The molecule has 9 fully saturated rings. The van der Waals surface area contributed by atoms with Crippen LogP contribution in [0.1, 0.15) is 137 Å². The van der Waals surface area contributed by atoms with Crippen LogP contribution in [-0.2, 0) is 28.7 Å². The maximum absolute atomic E-state index is 12.6. The first-order valence-corrected chi connectivity index (χ1v) is 54.9. The zero-order valence-electron chi connectivity index (χ0n) is 82.3. The lowest BCUT2D eigenvalue weighted by atomic mass is 10.0. The fraction of sp³-hybridized carbons (Fsp3) is 0.436. The lowest BCUT2D eigenvalue weighted by Crippen LogP contribution is -2.43. The molecule has 782 valence electrons. The van der Waals surface area contributed by atoms with Gasteiger partial charge >= 0.3 is 0 Å². The Labute approximate surface area is 904 Å². The average Bonchev–Trinajstić information content (AvgIpc) is 1.58. The first-order chi connectivity index (χ1) is 71.7. The molecule has 2 saturated carbocycles. The standard InChI is InChI=1S/C19H19BrN6O.C18H24BrN5O.C17H18BrN7O.C16H22BrN5O2.C16H20BrN5O.C15H20BrN5O2/c20-13-8-23-18-16(17(13)26-5-3-11-6-22-10-15(11)26)14(9-24-18)25-19(27)12-2-1-4-21-7-12;19-13-8-21-17-15(16(13)24-7-3-6-12(20)10-24)14(9-22-17)23-18(25)11-4-1-2-5-11;18-11-6-22-16-14(15(11)25-5-1-2-10(19)9-25)12(8-23-16)24-17(26)13-7-20-3-4-21-13;1-9(24-2)16(23)21-12-7-20-15-13(12)14(11(17)6-19-15)22-5-3-4-10(18)8-22;17-11-6-19-15-13(14(11)22-5-1-2-10(18)8-22)12(7-20-15)21-16(23)9-3-4-9;1-23-8-12(22)20-11-6-19-15-13(11)14(10(16)5-18-15)21-4-2-3-9(17)7-21/h1-2,4,7-9,11,15,22H,3,5-6,10H2,(H,23,24)(H,25,27);8-9,11-12H,1-7,10,20H2,(H,21,22)(H,23,25);3-4,6-8,10H,1-2,5,9,19H2,(H,22,23)(H,24,26);6-7,9-10H,3-5,8,18H2,1-2H3,(H,19,20)(H,21,23);6-7,9-10H,1-5,8,18H2,(H,19,20)(H,21,23);5-6,9H,2-4,7-8,17H2,1H3,(H,18,19)(H,20,22)/t;12-;10-;9-,10+;10-;9-/m.11011/s1. The molecule has 6 amide bonds. The molecule has 0 spiro atoms. The summed E-state index contributed by atoms with van der Waals surface area (Å²) in [6.07, 6.45) is 46.6. The number of ether oxygens (including phenoxy) is 2. The van der Waals surface area contributed by atoms with E-state index in [4.69, 9.17) is 38.1 Å². The summed E-state index contributed by atoms with van der Waals surface area (Å²) in [6.45, 7) is 13.5. The Morgan fingerprint density at radius 2 is 0.736 bits per heavy atom. The van der Waals surface area contributed by atoms with Gasteiger partial charge in [0.1, 0.15) is 52.3 Å². The quantitative estimate of drug-likeness (QED) is 0.0337. The van der Waals surface area contributed by atoms with Gasteiger partial charge in [-0.15, -0.1) is 0 Å². The van der Waals surface area contributed by atoms with Crippen molar-refractivity contribution in [3.8, 4) is 0 Å². The molecule has 9 aliphatic rings. The van der Waals surface area contributed by atoms with E-state index in [1.165, 1.54) is 39.2 Å². The summed E-state index contributed by atoms with van der Waals surface area (Å²) in [5.41, 5.74) is 46.7. The molecule has 2 aliphatic carbocycles. The largest absolute Gasteiger partial charge is 0.375 e. The van der Waals surface area contributed by atoms with Crippen LogP contribution in [0.25, 0.3) is 66.2 Å². The number of nitrogens with two attached hydrogens (primary N) is 5. The van der Waals surface area contributed by atoms with Gasteiger partial charge in [0.05, 0.1) is 139 Å². The average molecular weight is 2410 g/mol. The lowest BCUT2D eigenvalue weighted by molar-refractivity contribution is -0.124. The number of carbonyl (C=O) groups is 6. The maximum atomic E-state index is 12.6. The number of nitrogens with zero attached hydrogens (tertiary/aromatic N) is 15. The van der Waals surface area contributed by atoms with Crippen LogP contribution in [0.15, 0.2) is 144 Å². The topological polar surface area (TPSA) is 565 Å². The number of aromatic nitrogens is 15. The second-order valence-electron chi connectivity index (χ2n) is 38.8. The molecule has 23 N–H and O–H groups in total. The van der Waals surface area contributed by atoms with E-state index in [0.29, 0.717) is 40.2 Å². The number of hydrogen-bond donors (Lipinski definition) is 18. The number of nitrogens with one attached hydrogen (secondary N) is 13. The Morgan fingerprint density at radius 3 is 1.09 bits per heavy atom. The van der Waals surface area contributed by atoms with Crippen molar-refractivity contribution in [2.75, 3.05) is 167 Å². The number of hydrogen-bond acceptors (Lipinski definition) is 29. The maximum Gasteiger partial charge on any atom is 0.275 e. The zero-order valence-corrected chi connectivity index (χ0v) is 91.8. The number of amides is 6. The number of halogens is 6. The van der Waals surface area contributed by atoms with Crippen molar-refractivity contribution in [1.82, 2.24) is 80.1 Å². The zero-order chi connectivity index (χ0) is 104. The van der Waals surface area contributed by atoms with E-state index >= 15 is 0 Å². The molecule has 8 atom stereocenters. The van der Waals surface area contributed by atoms with Crippen molar-refractivity contribution in [2.24, 2.45) is 46.4 Å². The first-order valence-electron chi connectivity index (χ1n) is 50.2. The number of fused-ring (bicyclic) bond motifs is 7. The van der Waals surface area contributed by atoms with Gasteiger partial charge in [-0.3, -0.25) is 38.7 Å². The van der Waals surface area contributed by atoms with Gasteiger partial charge in [-0.2, -0.15) is 0 Å². The summed E-state index contributed by atoms with van der Waals surface area (Å²) in [7, 11) is 3.01. The molecule has 14 aromatic heterocycles. The van der Waals surface area contributed by atoms with Gasteiger partial charge in [0.25, 0.3) is 17.7 Å². The van der Waals surface area contributed by atoms with Gasteiger partial charge in [-0.1, -0.05) is 12.8 Å². The monoisotopic (exact) mass is 2400 g/mol. The second-order valence-corrected chi connectivity index (χ2v) is 43.9.